The van der Waals surface area contributed by atoms with Crippen LogP contribution in [0.5, 0.6) is 5.75 Å². The molecule has 1 heterocycles. The van der Waals surface area contributed by atoms with E-state index in [1.807, 2.05) is 0 Å². The molecule has 2 rings (SSSR count). The molecule has 0 saturated carbocycles. The predicted molar refractivity (Wildman–Crippen MR) is 91.0 cm³/mol. The zero-order valence-electron chi connectivity index (χ0n) is 14.3. The smallest absolute Gasteiger partial charge is 0.123 e. The Hall–Kier alpha value is -0.980. The van der Waals surface area contributed by atoms with Crippen LogP contribution in [0.4, 0.5) is 0 Å². The van der Waals surface area contributed by atoms with Crippen LogP contribution >= 0.6 is 0 Å². The van der Waals surface area contributed by atoms with E-state index < -0.39 is 0 Å². The fourth-order valence-electron chi connectivity index (χ4n) is 3.91. The van der Waals surface area contributed by atoms with Crippen LogP contribution in [-0.4, -0.2) is 5.60 Å². The largest absolute Gasteiger partial charge is 0.487 e. The first-order valence-corrected chi connectivity index (χ1v) is 8.88. The van der Waals surface area contributed by atoms with E-state index >= 15 is 0 Å². The van der Waals surface area contributed by atoms with Gasteiger partial charge >= 0.3 is 0 Å². The van der Waals surface area contributed by atoms with Crippen molar-refractivity contribution in [2.24, 2.45) is 5.92 Å². The molecule has 0 fully saturated rings. The van der Waals surface area contributed by atoms with Gasteiger partial charge in [-0.2, -0.15) is 0 Å². The number of fused-ring (bicyclic) bond motifs is 1. The number of para-hydroxylation sites is 1. The fourth-order valence-corrected chi connectivity index (χ4v) is 3.91. The van der Waals surface area contributed by atoms with Gasteiger partial charge in [0.15, 0.2) is 0 Å². The van der Waals surface area contributed by atoms with E-state index in [0.717, 1.165) is 11.7 Å². The molecular weight excluding hydrogens is 256 g/mol. The predicted octanol–water partition coefficient (Wildman–Crippen LogP) is 6.33. The van der Waals surface area contributed by atoms with Crippen LogP contribution in [0.15, 0.2) is 24.3 Å². The normalized spacial score (nSPS) is 24.7. The fraction of sp³-hybridized carbons (Fsp3) is 0.700. The van der Waals surface area contributed by atoms with Gasteiger partial charge in [0.1, 0.15) is 11.4 Å². The van der Waals surface area contributed by atoms with Gasteiger partial charge in [-0.25, -0.2) is 0 Å². The first-order chi connectivity index (χ1) is 10.1. The Labute approximate surface area is 131 Å². The highest BCUT2D eigenvalue weighted by atomic mass is 16.5. The standard InChI is InChI=1S/C20H32O/c1-5-7-13-20(12-6-2)15-17(14-16(3)4)18-10-8-9-11-19(18)21-20/h8-11,16-17H,5-7,12-15H2,1-4H3/t17-,20?/m0/s1. The van der Waals surface area contributed by atoms with E-state index in [4.69, 9.17) is 4.74 Å². The van der Waals surface area contributed by atoms with Crippen LogP contribution in [0.25, 0.3) is 0 Å². The molecule has 0 aromatic heterocycles. The number of hydrogen-bond acceptors (Lipinski definition) is 1. The van der Waals surface area contributed by atoms with E-state index in [9.17, 15) is 0 Å². The summed E-state index contributed by atoms with van der Waals surface area (Å²) in [6.45, 7) is 9.24. The Morgan fingerprint density at radius 1 is 1.14 bits per heavy atom. The summed E-state index contributed by atoms with van der Waals surface area (Å²) in [4.78, 5) is 0. The molecule has 1 heteroatoms. The van der Waals surface area contributed by atoms with Crippen LogP contribution in [0.3, 0.4) is 0 Å². The third-order valence-electron chi connectivity index (χ3n) is 4.75. The van der Waals surface area contributed by atoms with Crippen LogP contribution in [-0.2, 0) is 0 Å². The molecule has 2 atom stereocenters. The summed E-state index contributed by atoms with van der Waals surface area (Å²) in [6, 6.07) is 8.73. The maximum atomic E-state index is 6.57. The summed E-state index contributed by atoms with van der Waals surface area (Å²) < 4.78 is 6.57. The minimum Gasteiger partial charge on any atom is -0.487 e. The van der Waals surface area contributed by atoms with Gasteiger partial charge in [0.05, 0.1) is 0 Å². The van der Waals surface area contributed by atoms with Crippen LogP contribution in [0.2, 0.25) is 0 Å². The van der Waals surface area contributed by atoms with Crippen molar-refractivity contribution in [1.82, 2.24) is 0 Å². The lowest BCUT2D eigenvalue weighted by Crippen LogP contribution is -2.41. The van der Waals surface area contributed by atoms with Crippen molar-refractivity contribution < 1.29 is 4.74 Å². The van der Waals surface area contributed by atoms with Crippen molar-refractivity contribution in [2.75, 3.05) is 0 Å². The molecule has 0 N–H and O–H groups in total. The highest BCUT2D eigenvalue weighted by molar-refractivity contribution is 5.39. The highest BCUT2D eigenvalue weighted by Crippen LogP contribution is 2.47. The minimum absolute atomic E-state index is 0.0820. The Kier molecular flexibility index (Phi) is 5.72. The Bertz CT molecular complexity index is 437. The van der Waals surface area contributed by atoms with Gasteiger partial charge in [-0.15, -0.1) is 0 Å². The molecule has 1 unspecified atom stereocenters. The zero-order valence-corrected chi connectivity index (χ0v) is 14.3. The third-order valence-corrected chi connectivity index (χ3v) is 4.75. The summed E-state index contributed by atoms with van der Waals surface area (Å²) in [5, 5.41) is 0. The van der Waals surface area contributed by atoms with Crippen molar-refractivity contribution in [3.8, 4) is 5.75 Å². The average molecular weight is 288 g/mol. The summed E-state index contributed by atoms with van der Waals surface area (Å²) in [7, 11) is 0. The second kappa shape index (κ2) is 7.33. The molecule has 0 aliphatic carbocycles. The molecule has 118 valence electrons. The van der Waals surface area contributed by atoms with Crippen LogP contribution < -0.4 is 4.74 Å². The highest BCUT2D eigenvalue weighted by Gasteiger charge is 2.39. The average Bonchev–Trinajstić information content (AvgIpc) is 2.45. The topological polar surface area (TPSA) is 9.23 Å². The SMILES string of the molecule is CCCCC1(CCC)C[C@H](CC(C)C)c2ccccc2O1. The molecule has 1 aromatic carbocycles. The molecule has 21 heavy (non-hydrogen) atoms. The summed E-state index contributed by atoms with van der Waals surface area (Å²) >= 11 is 0. The molecule has 1 aromatic rings. The number of ether oxygens (including phenoxy) is 1. The first-order valence-electron chi connectivity index (χ1n) is 8.88. The Morgan fingerprint density at radius 3 is 2.57 bits per heavy atom. The Balaban J connectivity index is 2.29. The van der Waals surface area contributed by atoms with Gasteiger partial charge in [0.2, 0.25) is 0 Å². The molecule has 1 aliphatic rings. The third kappa shape index (κ3) is 4.02. The lowest BCUT2D eigenvalue weighted by atomic mass is 9.75. The maximum absolute atomic E-state index is 6.57. The van der Waals surface area contributed by atoms with Gasteiger partial charge in [-0.05, 0) is 55.6 Å². The quantitative estimate of drug-likeness (QED) is 0.569. The van der Waals surface area contributed by atoms with E-state index in [1.54, 1.807) is 0 Å². The van der Waals surface area contributed by atoms with Crippen molar-refractivity contribution >= 4 is 0 Å². The molecule has 0 radical (unpaired) electrons. The Morgan fingerprint density at radius 2 is 1.90 bits per heavy atom. The molecule has 0 amide bonds. The van der Waals surface area contributed by atoms with Crippen LogP contribution in [0, 0.1) is 5.92 Å². The second-order valence-corrected chi connectivity index (χ2v) is 7.21. The number of rotatable bonds is 7. The lowest BCUT2D eigenvalue weighted by molar-refractivity contribution is 0.0135. The monoisotopic (exact) mass is 288 g/mol. The summed E-state index contributed by atoms with van der Waals surface area (Å²) in [5.41, 5.74) is 1.52. The van der Waals surface area contributed by atoms with Crippen molar-refractivity contribution in [2.45, 2.75) is 84.2 Å². The summed E-state index contributed by atoms with van der Waals surface area (Å²) in [5.74, 6) is 2.56. The van der Waals surface area contributed by atoms with E-state index in [0.29, 0.717) is 5.92 Å². The molecule has 0 saturated heterocycles. The van der Waals surface area contributed by atoms with Gasteiger partial charge < -0.3 is 4.74 Å². The number of hydrogen-bond donors (Lipinski definition) is 0. The molecular formula is C20H32O. The van der Waals surface area contributed by atoms with Gasteiger partial charge in [0, 0.05) is 0 Å². The molecule has 1 aliphatic heterocycles. The van der Waals surface area contributed by atoms with Crippen LogP contribution in [0.1, 0.15) is 84.1 Å². The second-order valence-electron chi connectivity index (χ2n) is 7.21. The van der Waals surface area contributed by atoms with E-state index in [-0.39, 0.29) is 5.60 Å². The van der Waals surface area contributed by atoms with Crippen molar-refractivity contribution in [1.29, 1.82) is 0 Å². The molecule has 0 spiro atoms. The number of benzene rings is 1. The van der Waals surface area contributed by atoms with Crippen molar-refractivity contribution in [3.63, 3.8) is 0 Å². The van der Waals surface area contributed by atoms with Gasteiger partial charge in [-0.1, -0.05) is 58.7 Å². The molecule has 0 bridgehead atoms. The van der Waals surface area contributed by atoms with Gasteiger partial charge in [0.25, 0.3) is 0 Å². The summed E-state index contributed by atoms with van der Waals surface area (Å²) in [6.07, 6.45) is 8.62. The van der Waals surface area contributed by atoms with E-state index in [2.05, 4.69) is 52.0 Å². The zero-order chi connectivity index (χ0) is 15.3. The van der Waals surface area contributed by atoms with E-state index in [1.165, 1.54) is 50.5 Å². The maximum Gasteiger partial charge on any atom is 0.123 e. The first kappa shape index (κ1) is 16.4. The molecule has 1 nitrogen and oxygen atoms in total. The van der Waals surface area contributed by atoms with Crippen molar-refractivity contribution in [3.05, 3.63) is 29.8 Å². The lowest BCUT2D eigenvalue weighted by Gasteiger charge is -2.43. The van der Waals surface area contributed by atoms with Gasteiger partial charge in [-0.3, -0.25) is 0 Å². The minimum atomic E-state index is 0.0820. The number of unbranched alkanes of at least 4 members (excludes halogenated alkanes) is 1.